The molecule has 0 atom stereocenters. The van der Waals surface area contributed by atoms with Gasteiger partial charge in [0.2, 0.25) is 0 Å². The number of halogens is 1. The highest BCUT2D eigenvalue weighted by Gasteiger charge is 2.05. The third kappa shape index (κ3) is 5.30. The van der Waals surface area contributed by atoms with E-state index in [0.29, 0.717) is 22.9 Å². The molecule has 0 aliphatic carbocycles. The molecule has 0 radical (unpaired) electrons. The maximum atomic E-state index is 11.8. The van der Waals surface area contributed by atoms with Gasteiger partial charge in [0.15, 0.2) is 6.61 Å². The first kappa shape index (κ1) is 16.8. The van der Waals surface area contributed by atoms with Crippen LogP contribution in [0.15, 0.2) is 48.5 Å². The summed E-state index contributed by atoms with van der Waals surface area (Å²) in [5.41, 5.74) is 1.48. The quantitative estimate of drug-likeness (QED) is 0.853. The number of carbonyl (C=O) groups excluding carboxylic acids is 2. The number of ether oxygens (including phenoxy) is 1. The van der Waals surface area contributed by atoms with Gasteiger partial charge in [0.1, 0.15) is 5.75 Å². The monoisotopic (exact) mass is 332 g/mol. The first-order chi connectivity index (χ1) is 11.1. The fraction of sp³-hybridized carbons (Fsp3) is 0.176. The van der Waals surface area contributed by atoms with E-state index in [1.165, 1.54) is 0 Å². The molecule has 2 aromatic rings. The van der Waals surface area contributed by atoms with Crippen molar-refractivity contribution >= 4 is 23.4 Å². The van der Waals surface area contributed by atoms with Crippen LogP contribution in [0, 0.1) is 0 Å². The Hall–Kier alpha value is -2.53. The maximum absolute atomic E-state index is 11.8. The number of carbonyl (C=O) groups is 2. The Balaban J connectivity index is 1.77. The summed E-state index contributed by atoms with van der Waals surface area (Å²) in [5, 5.41) is 5.92. The van der Waals surface area contributed by atoms with Crippen molar-refractivity contribution in [3.8, 4) is 5.75 Å². The van der Waals surface area contributed by atoms with Gasteiger partial charge in [-0.2, -0.15) is 0 Å². The molecule has 0 aromatic heterocycles. The van der Waals surface area contributed by atoms with Gasteiger partial charge in [-0.3, -0.25) is 9.59 Å². The topological polar surface area (TPSA) is 67.4 Å². The van der Waals surface area contributed by atoms with Crippen molar-refractivity contribution in [1.29, 1.82) is 0 Å². The third-order valence-corrected chi connectivity index (χ3v) is 3.37. The summed E-state index contributed by atoms with van der Waals surface area (Å²) in [6, 6.07) is 13.8. The molecular formula is C17H17ClN2O3. The average Bonchev–Trinajstić information content (AvgIpc) is 2.59. The van der Waals surface area contributed by atoms with Gasteiger partial charge in [-0.1, -0.05) is 23.7 Å². The third-order valence-electron chi connectivity index (χ3n) is 3.12. The van der Waals surface area contributed by atoms with Crippen LogP contribution >= 0.6 is 11.6 Å². The first-order valence-electron chi connectivity index (χ1n) is 7.04. The highest BCUT2D eigenvalue weighted by atomic mass is 35.5. The Bertz CT molecular complexity index is 669. The number of hydrogen-bond donors (Lipinski definition) is 2. The minimum Gasteiger partial charge on any atom is -0.484 e. The van der Waals surface area contributed by atoms with Crippen molar-refractivity contribution in [2.75, 3.05) is 13.7 Å². The van der Waals surface area contributed by atoms with Crippen molar-refractivity contribution in [2.45, 2.75) is 6.54 Å². The van der Waals surface area contributed by atoms with Gasteiger partial charge in [0.05, 0.1) is 0 Å². The van der Waals surface area contributed by atoms with Crippen molar-refractivity contribution < 1.29 is 14.3 Å². The average molecular weight is 333 g/mol. The van der Waals surface area contributed by atoms with E-state index in [-0.39, 0.29) is 18.4 Å². The van der Waals surface area contributed by atoms with E-state index >= 15 is 0 Å². The molecule has 0 saturated heterocycles. The van der Waals surface area contributed by atoms with Crippen LogP contribution in [-0.2, 0) is 11.3 Å². The van der Waals surface area contributed by atoms with Gasteiger partial charge in [-0.25, -0.2) is 0 Å². The lowest BCUT2D eigenvalue weighted by Crippen LogP contribution is -2.28. The maximum Gasteiger partial charge on any atom is 0.258 e. The van der Waals surface area contributed by atoms with Crippen LogP contribution in [0.1, 0.15) is 15.9 Å². The van der Waals surface area contributed by atoms with E-state index in [2.05, 4.69) is 10.6 Å². The molecule has 2 aromatic carbocycles. The minimum absolute atomic E-state index is 0.0715. The summed E-state index contributed by atoms with van der Waals surface area (Å²) in [5.74, 6) is 0.215. The van der Waals surface area contributed by atoms with Crippen molar-refractivity contribution in [1.82, 2.24) is 10.6 Å². The molecule has 0 fully saturated rings. The summed E-state index contributed by atoms with van der Waals surface area (Å²) in [6.45, 7) is 0.300. The molecule has 6 heteroatoms. The Morgan fingerprint density at radius 1 is 1.04 bits per heavy atom. The van der Waals surface area contributed by atoms with Crippen LogP contribution in [-0.4, -0.2) is 25.5 Å². The molecule has 0 bridgehead atoms. The summed E-state index contributed by atoms with van der Waals surface area (Å²) in [4.78, 5) is 23.2. The van der Waals surface area contributed by atoms with Gasteiger partial charge in [0.25, 0.3) is 11.8 Å². The normalized spacial score (nSPS) is 10.0. The molecule has 0 saturated carbocycles. The lowest BCUT2D eigenvalue weighted by atomic mass is 10.1. The van der Waals surface area contributed by atoms with E-state index in [0.717, 1.165) is 5.56 Å². The lowest BCUT2D eigenvalue weighted by molar-refractivity contribution is -0.123. The second-order valence-electron chi connectivity index (χ2n) is 4.80. The Morgan fingerprint density at radius 2 is 1.70 bits per heavy atom. The van der Waals surface area contributed by atoms with E-state index in [1.807, 2.05) is 0 Å². The smallest absolute Gasteiger partial charge is 0.258 e. The summed E-state index contributed by atoms with van der Waals surface area (Å²) >= 11 is 5.77. The van der Waals surface area contributed by atoms with Crippen molar-refractivity contribution in [2.24, 2.45) is 0 Å². The molecule has 2 rings (SSSR count). The minimum atomic E-state index is -0.227. The van der Waals surface area contributed by atoms with E-state index in [9.17, 15) is 9.59 Å². The highest BCUT2D eigenvalue weighted by molar-refractivity contribution is 6.30. The molecule has 2 amide bonds. The van der Waals surface area contributed by atoms with Crippen LogP contribution in [0.5, 0.6) is 5.75 Å². The highest BCUT2D eigenvalue weighted by Crippen LogP contribution is 2.15. The predicted octanol–water partition coefficient (Wildman–Crippen LogP) is 2.39. The molecule has 0 heterocycles. The summed E-state index contributed by atoms with van der Waals surface area (Å²) in [6.07, 6.45) is 0. The Kier molecular flexibility index (Phi) is 6.00. The largest absolute Gasteiger partial charge is 0.484 e. The molecule has 0 aliphatic heterocycles. The molecule has 5 nitrogen and oxygen atoms in total. The van der Waals surface area contributed by atoms with Crippen LogP contribution in [0.3, 0.4) is 0 Å². The number of rotatable bonds is 6. The van der Waals surface area contributed by atoms with E-state index in [1.54, 1.807) is 55.6 Å². The van der Waals surface area contributed by atoms with Gasteiger partial charge in [-0.15, -0.1) is 0 Å². The zero-order valence-electron chi connectivity index (χ0n) is 12.6. The molecule has 2 N–H and O–H groups in total. The summed E-state index contributed by atoms with van der Waals surface area (Å²) < 4.78 is 5.35. The summed E-state index contributed by atoms with van der Waals surface area (Å²) in [7, 11) is 1.58. The molecule has 0 unspecified atom stereocenters. The Labute approximate surface area is 139 Å². The van der Waals surface area contributed by atoms with Crippen LogP contribution in [0.4, 0.5) is 0 Å². The van der Waals surface area contributed by atoms with Gasteiger partial charge >= 0.3 is 0 Å². The predicted molar refractivity (Wildman–Crippen MR) is 88.6 cm³/mol. The molecule has 23 heavy (non-hydrogen) atoms. The van der Waals surface area contributed by atoms with Gasteiger partial charge in [-0.05, 0) is 42.0 Å². The van der Waals surface area contributed by atoms with Gasteiger partial charge in [0, 0.05) is 24.2 Å². The standard InChI is InChI=1S/C17H17ClN2O3/c1-19-17(22)13-4-2-12(3-5-13)10-20-16(21)11-23-15-8-6-14(18)7-9-15/h2-9H,10-11H2,1H3,(H,19,22)(H,20,21). The van der Waals surface area contributed by atoms with E-state index < -0.39 is 0 Å². The lowest BCUT2D eigenvalue weighted by Gasteiger charge is -2.08. The fourth-order valence-corrected chi connectivity index (χ4v) is 1.98. The fourth-order valence-electron chi connectivity index (χ4n) is 1.85. The molecular weight excluding hydrogens is 316 g/mol. The zero-order valence-corrected chi connectivity index (χ0v) is 13.4. The first-order valence-corrected chi connectivity index (χ1v) is 7.42. The molecule has 120 valence electrons. The number of nitrogens with one attached hydrogen (secondary N) is 2. The van der Waals surface area contributed by atoms with Crippen LogP contribution in [0.25, 0.3) is 0 Å². The SMILES string of the molecule is CNC(=O)c1ccc(CNC(=O)COc2ccc(Cl)cc2)cc1. The van der Waals surface area contributed by atoms with Gasteiger partial charge < -0.3 is 15.4 Å². The Morgan fingerprint density at radius 3 is 2.30 bits per heavy atom. The molecule has 0 aliphatic rings. The second-order valence-corrected chi connectivity index (χ2v) is 5.23. The molecule has 0 spiro atoms. The van der Waals surface area contributed by atoms with Crippen LogP contribution in [0.2, 0.25) is 5.02 Å². The van der Waals surface area contributed by atoms with Crippen molar-refractivity contribution in [3.63, 3.8) is 0 Å². The zero-order chi connectivity index (χ0) is 16.7. The second kappa shape index (κ2) is 8.19. The van der Waals surface area contributed by atoms with Crippen LogP contribution < -0.4 is 15.4 Å². The number of hydrogen-bond acceptors (Lipinski definition) is 3. The number of benzene rings is 2. The van der Waals surface area contributed by atoms with Crippen molar-refractivity contribution in [3.05, 3.63) is 64.7 Å². The van der Waals surface area contributed by atoms with E-state index in [4.69, 9.17) is 16.3 Å². The number of amides is 2.